The number of nitriles is 2. The second kappa shape index (κ2) is 10.3. The van der Waals surface area contributed by atoms with Gasteiger partial charge in [-0.05, 0) is 57.7 Å². The molecule has 0 saturated heterocycles. The van der Waals surface area contributed by atoms with Crippen LogP contribution in [0.4, 0.5) is 0 Å². The van der Waals surface area contributed by atoms with Crippen molar-refractivity contribution in [2.24, 2.45) is 0 Å². The van der Waals surface area contributed by atoms with Gasteiger partial charge in [-0.2, -0.15) is 10.5 Å². The molecule has 0 bridgehead atoms. The number of carbonyl (C=O) groups excluding carboxylic acids is 2. The van der Waals surface area contributed by atoms with Crippen molar-refractivity contribution in [1.29, 1.82) is 10.5 Å². The zero-order valence-corrected chi connectivity index (χ0v) is 19.2. The zero-order valence-electron chi connectivity index (χ0n) is 19.2. The van der Waals surface area contributed by atoms with Gasteiger partial charge in [-0.15, -0.1) is 0 Å². The molecule has 0 radical (unpaired) electrons. The molecular weight excluding hydrogens is 392 g/mol. The predicted octanol–water partition coefficient (Wildman–Crippen LogP) is 4.04. The molecule has 1 amide bonds. The first-order chi connectivity index (χ1) is 14.7. The number of esters is 1. The van der Waals surface area contributed by atoms with Crippen LogP contribution in [0.15, 0.2) is 11.6 Å². The van der Waals surface area contributed by atoms with Gasteiger partial charge >= 0.3 is 5.97 Å². The van der Waals surface area contributed by atoms with Crippen LogP contribution in [0.3, 0.4) is 0 Å². The van der Waals surface area contributed by atoms with E-state index in [9.17, 15) is 20.1 Å². The van der Waals surface area contributed by atoms with E-state index in [1.165, 1.54) is 17.9 Å². The Morgan fingerprint density at radius 2 is 1.94 bits per heavy atom. The number of hydrogen-bond donors (Lipinski definition) is 0. The molecule has 1 aromatic rings. The third kappa shape index (κ3) is 5.17. The summed E-state index contributed by atoms with van der Waals surface area (Å²) < 4.78 is 7.46. The number of hydrogen-bond acceptors (Lipinski definition) is 5. The molecule has 0 aliphatic heterocycles. The van der Waals surface area contributed by atoms with Crippen molar-refractivity contribution < 1.29 is 14.3 Å². The molecule has 7 heteroatoms. The molecule has 0 unspecified atom stereocenters. The summed E-state index contributed by atoms with van der Waals surface area (Å²) in [6.45, 7) is 8.35. The van der Waals surface area contributed by atoms with Crippen molar-refractivity contribution in [2.45, 2.75) is 84.4 Å². The minimum absolute atomic E-state index is 0.160. The largest absolute Gasteiger partial charge is 0.448 e. The summed E-state index contributed by atoms with van der Waals surface area (Å²) >= 11 is 0. The number of carbonyl (C=O) groups is 2. The maximum Gasteiger partial charge on any atom is 0.349 e. The summed E-state index contributed by atoms with van der Waals surface area (Å²) in [5.74, 6) is -1.28. The summed E-state index contributed by atoms with van der Waals surface area (Å²) in [5, 5.41) is 19.2. The highest BCUT2D eigenvalue weighted by atomic mass is 16.5. The van der Waals surface area contributed by atoms with E-state index in [1.54, 1.807) is 7.05 Å². The number of nitrogens with zero attached hydrogens (tertiary/aromatic N) is 4. The highest BCUT2D eigenvalue weighted by Crippen LogP contribution is 2.33. The maximum absolute atomic E-state index is 12.9. The van der Waals surface area contributed by atoms with Crippen molar-refractivity contribution >= 4 is 18.0 Å². The fourth-order valence-electron chi connectivity index (χ4n) is 4.25. The number of likely N-dealkylation sites (N-methyl/N-ethyl adjacent to an activating group) is 1. The third-order valence-corrected chi connectivity index (χ3v) is 6.19. The van der Waals surface area contributed by atoms with E-state index < -0.39 is 23.5 Å². The van der Waals surface area contributed by atoms with E-state index in [0.29, 0.717) is 12.8 Å². The molecule has 2 rings (SSSR count). The van der Waals surface area contributed by atoms with E-state index in [0.717, 1.165) is 49.2 Å². The van der Waals surface area contributed by atoms with Gasteiger partial charge in [0.1, 0.15) is 17.2 Å². The Balaban J connectivity index is 2.16. The molecule has 1 atom stereocenters. The number of rotatable bonds is 7. The normalized spacial score (nSPS) is 16.7. The third-order valence-electron chi connectivity index (χ3n) is 6.19. The number of ether oxygens (including phenoxy) is 1. The summed E-state index contributed by atoms with van der Waals surface area (Å²) in [6.07, 6.45) is 5.44. The van der Waals surface area contributed by atoms with Crippen LogP contribution in [-0.2, 0) is 20.9 Å². The summed E-state index contributed by atoms with van der Waals surface area (Å²) in [4.78, 5) is 26.9. The van der Waals surface area contributed by atoms with Gasteiger partial charge in [-0.1, -0.05) is 26.2 Å². The topological polar surface area (TPSA) is 99.1 Å². The van der Waals surface area contributed by atoms with E-state index >= 15 is 0 Å². The lowest BCUT2D eigenvalue weighted by atomic mass is 9.81. The van der Waals surface area contributed by atoms with Crippen LogP contribution >= 0.6 is 0 Å². The Morgan fingerprint density at radius 3 is 2.48 bits per heavy atom. The first-order valence-electron chi connectivity index (χ1n) is 10.9. The molecule has 1 saturated carbocycles. The zero-order chi connectivity index (χ0) is 23.2. The van der Waals surface area contributed by atoms with Gasteiger partial charge in [0.05, 0.1) is 6.07 Å². The quantitative estimate of drug-likeness (QED) is 0.374. The van der Waals surface area contributed by atoms with Crippen LogP contribution in [0.5, 0.6) is 0 Å². The minimum atomic E-state index is -1.09. The van der Waals surface area contributed by atoms with Crippen molar-refractivity contribution in [3.8, 4) is 12.1 Å². The van der Waals surface area contributed by atoms with Crippen LogP contribution < -0.4 is 0 Å². The standard InChI is InChI=1S/C24H32N4O3/c1-6-12-28-17(2)13-20(18(28)3)14-21(15-25)23(30)31-19(4)22(29)27(5)24(16-26)10-8-7-9-11-24/h13-14,19H,6-12H2,1-5H3/b21-14+/t19-/m1/s1. The molecule has 1 aromatic heterocycles. The van der Waals surface area contributed by atoms with E-state index in [1.807, 2.05) is 26.0 Å². The summed E-state index contributed by atoms with van der Waals surface area (Å²) in [6, 6.07) is 6.12. The first-order valence-corrected chi connectivity index (χ1v) is 10.9. The summed E-state index contributed by atoms with van der Waals surface area (Å²) in [7, 11) is 1.59. The van der Waals surface area contributed by atoms with Crippen LogP contribution in [0.25, 0.3) is 6.08 Å². The van der Waals surface area contributed by atoms with Crippen molar-refractivity contribution in [3.05, 3.63) is 28.6 Å². The number of aromatic nitrogens is 1. The Morgan fingerprint density at radius 1 is 1.29 bits per heavy atom. The lowest BCUT2D eigenvalue weighted by Crippen LogP contribution is -2.53. The van der Waals surface area contributed by atoms with Crippen LogP contribution in [0.2, 0.25) is 0 Å². The average molecular weight is 425 g/mol. The molecule has 31 heavy (non-hydrogen) atoms. The minimum Gasteiger partial charge on any atom is -0.448 e. The Bertz CT molecular complexity index is 939. The van der Waals surface area contributed by atoms with Gasteiger partial charge in [0, 0.05) is 25.0 Å². The lowest BCUT2D eigenvalue weighted by Gasteiger charge is -2.39. The molecule has 0 aromatic carbocycles. The second-order valence-electron chi connectivity index (χ2n) is 8.30. The van der Waals surface area contributed by atoms with E-state index in [-0.39, 0.29) is 5.57 Å². The first kappa shape index (κ1) is 24.2. The molecule has 0 N–H and O–H groups in total. The smallest absolute Gasteiger partial charge is 0.349 e. The average Bonchev–Trinajstić information content (AvgIpc) is 3.04. The van der Waals surface area contributed by atoms with Crippen LogP contribution in [0.1, 0.15) is 69.3 Å². The lowest BCUT2D eigenvalue weighted by molar-refractivity contribution is -0.157. The highest BCUT2D eigenvalue weighted by Gasteiger charge is 2.40. The van der Waals surface area contributed by atoms with Gasteiger partial charge in [0.25, 0.3) is 5.91 Å². The van der Waals surface area contributed by atoms with Crippen molar-refractivity contribution in [3.63, 3.8) is 0 Å². The molecule has 7 nitrogen and oxygen atoms in total. The Kier molecular flexibility index (Phi) is 8.05. The van der Waals surface area contributed by atoms with Gasteiger partial charge in [0.15, 0.2) is 6.10 Å². The van der Waals surface area contributed by atoms with Gasteiger partial charge in [-0.3, -0.25) is 4.79 Å². The molecule has 1 heterocycles. The van der Waals surface area contributed by atoms with Crippen molar-refractivity contribution in [2.75, 3.05) is 7.05 Å². The van der Waals surface area contributed by atoms with E-state index in [2.05, 4.69) is 17.6 Å². The van der Waals surface area contributed by atoms with Gasteiger partial charge in [-0.25, -0.2) is 4.79 Å². The van der Waals surface area contributed by atoms with Crippen LogP contribution in [0, 0.1) is 36.5 Å². The maximum atomic E-state index is 12.9. The SMILES string of the molecule is CCCn1c(C)cc(/C=C(\C#N)C(=O)O[C@H](C)C(=O)N(C)C2(C#N)CCCCC2)c1C. The van der Waals surface area contributed by atoms with E-state index in [4.69, 9.17) is 4.74 Å². The predicted molar refractivity (Wildman–Crippen MR) is 118 cm³/mol. The molecule has 1 aliphatic carbocycles. The van der Waals surface area contributed by atoms with Gasteiger partial charge in [0.2, 0.25) is 0 Å². The molecule has 166 valence electrons. The summed E-state index contributed by atoms with van der Waals surface area (Å²) in [5.41, 5.74) is 1.78. The highest BCUT2D eigenvalue weighted by molar-refractivity contribution is 5.99. The fraction of sp³-hybridized carbons (Fsp3) is 0.583. The molecule has 1 fully saturated rings. The molecular formula is C24H32N4O3. The monoisotopic (exact) mass is 424 g/mol. The van der Waals surface area contributed by atoms with Crippen LogP contribution in [-0.4, -0.2) is 40.0 Å². The molecule has 1 aliphatic rings. The second-order valence-corrected chi connectivity index (χ2v) is 8.30. The van der Waals surface area contributed by atoms with Gasteiger partial charge < -0.3 is 14.2 Å². The number of aryl methyl sites for hydroxylation is 1. The Hall–Kier alpha value is -3.06. The number of amides is 1. The fourth-order valence-corrected chi connectivity index (χ4v) is 4.25. The molecule has 0 spiro atoms. The van der Waals surface area contributed by atoms with Crippen molar-refractivity contribution in [1.82, 2.24) is 9.47 Å². The Labute approximate surface area is 184 Å².